The van der Waals surface area contributed by atoms with Crippen molar-refractivity contribution >= 4 is 22.4 Å². The molecule has 2 N–H and O–H groups in total. The van der Waals surface area contributed by atoms with Gasteiger partial charge in [0.15, 0.2) is 16.6 Å². The predicted octanol–water partition coefficient (Wildman–Crippen LogP) is 0.732. The van der Waals surface area contributed by atoms with E-state index in [0.717, 1.165) is 18.1 Å². The van der Waals surface area contributed by atoms with Crippen molar-refractivity contribution < 1.29 is 4.74 Å². The lowest BCUT2D eigenvalue weighted by atomic mass is 10.4. The van der Waals surface area contributed by atoms with Crippen molar-refractivity contribution in [3.05, 3.63) is 0 Å². The maximum atomic E-state index is 5.68. The second kappa shape index (κ2) is 5.18. The SMILES string of the molecule is COc1c(N)nsc1N(C)CCN(C)C. The van der Waals surface area contributed by atoms with Crippen molar-refractivity contribution in [3.63, 3.8) is 0 Å². The van der Waals surface area contributed by atoms with Crippen LogP contribution >= 0.6 is 11.5 Å². The van der Waals surface area contributed by atoms with Crippen molar-refractivity contribution in [2.24, 2.45) is 0 Å². The van der Waals surface area contributed by atoms with Crippen molar-refractivity contribution in [2.45, 2.75) is 0 Å². The number of hydrogen-bond donors (Lipinski definition) is 1. The molecule has 1 heterocycles. The topological polar surface area (TPSA) is 54.6 Å². The molecule has 1 aromatic heterocycles. The maximum Gasteiger partial charge on any atom is 0.197 e. The van der Waals surface area contributed by atoms with Gasteiger partial charge in [-0.2, -0.15) is 4.37 Å². The maximum absolute atomic E-state index is 5.68. The molecule has 5 nitrogen and oxygen atoms in total. The average Bonchev–Trinajstić information content (AvgIpc) is 2.55. The second-order valence-corrected chi connectivity index (χ2v) is 4.38. The molecule has 0 amide bonds. The van der Waals surface area contributed by atoms with E-state index in [1.807, 2.05) is 21.1 Å². The third-order valence-electron chi connectivity index (χ3n) is 2.09. The Labute approximate surface area is 94.6 Å². The minimum absolute atomic E-state index is 0.467. The number of ether oxygens (including phenoxy) is 1. The Morgan fingerprint density at radius 2 is 2.00 bits per heavy atom. The molecule has 6 heteroatoms. The van der Waals surface area contributed by atoms with Crippen LogP contribution in [0.25, 0.3) is 0 Å². The van der Waals surface area contributed by atoms with Crippen LogP contribution in [0.2, 0.25) is 0 Å². The van der Waals surface area contributed by atoms with Gasteiger partial charge in [-0.25, -0.2) is 0 Å². The van der Waals surface area contributed by atoms with Gasteiger partial charge in [-0.3, -0.25) is 0 Å². The highest BCUT2D eigenvalue weighted by Gasteiger charge is 2.15. The van der Waals surface area contributed by atoms with E-state index in [0.29, 0.717) is 11.6 Å². The quantitative estimate of drug-likeness (QED) is 0.808. The van der Waals surface area contributed by atoms with E-state index >= 15 is 0 Å². The van der Waals surface area contributed by atoms with Gasteiger partial charge >= 0.3 is 0 Å². The van der Waals surface area contributed by atoms with Crippen LogP contribution in [0.4, 0.5) is 10.8 Å². The third-order valence-corrected chi connectivity index (χ3v) is 3.05. The molecular formula is C9H18N4OS. The highest BCUT2D eigenvalue weighted by atomic mass is 32.1. The lowest BCUT2D eigenvalue weighted by Crippen LogP contribution is -2.28. The Balaban J connectivity index is 2.68. The number of nitrogens with zero attached hydrogens (tertiary/aromatic N) is 3. The Bertz CT molecular complexity index is 313. The summed E-state index contributed by atoms with van der Waals surface area (Å²) in [5.41, 5.74) is 5.68. The van der Waals surface area contributed by atoms with Crippen LogP contribution in [0.5, 0.6) is 5.75 Å². The number of nitrogens with two attached hydrogens (primary N) is 1. The summed E-state index contributed by atoms with van der Waals surface area (Å²) in [5.74, 6) is 1.15. The molecule has 0 radical (unpaired) electrons. The zero-order valence-electron chi connectivity index (χ0n) is 9.65. The van der Waals surface area contributed by atoms with Gasteiger partial charge in [0.25, 0.3) is 0 Å². The molecule has 0 unspecified atom stereocenters. The highest BCUT2D eigenvalue weighted by molar-refractivity contribution is 7.11. The van der Waals surface area contributed by atoms with E-state index in [-0.39, 0.29) is 0 Å². The molecule has 15 heavy (non-hydrogen) atoms. The molecule has 0 aliphatic carbocycles. The molecule has 0 aliphatic heterocycles. The van der Waals surface area contributed by atoms with E-state index in [4.69, 9.17) is 10.5 Å². The lowest BCUT2D eigenvalue weighted by molar-refractivity contribution is 0.408. The van der Waals surface area contributed by atoms with E-state index in [1.165, 1.54) is 11.5 Å². The first-order valence-electron chi connectivity index (χ1n) is 4.71. The first-order chi connectivity index (χ1) is 7.06. The summed E-state index contributed by atoms with van der Waals surface area (Å²) in [4.78, 5) is 4.24. The summed E-state index contributed by atoms with van der Waals surface area (Å²) in [6.07, 6.45) is 0. The monoisotopic (exact) mass is 230 g/mol. The van der Waals surface area contributed by atoms with Gasteiger partial charge in [0.1, 0.15) is 0 Å². The first kappa shape index (κ1) is 12.1. The molecule has 0 aliphatic rings. The van der Waals surface area contributed by atoms with Gasteiger partial charge in [0, 0.05) is 20.1 Å². The van der Waals surface area contributed by atoms with Crippen molar-refractivity contribution in [1.29, 1.82) is 0 Å². The number of aromatic nitrogens is 1. The molecular weight excluding hydrogens is 212 g/mol. The Morgan fingerprint density at radius 1 is 1.33 bits per heavy atom. The number of anilines is 2. The fraction of sp³-hybridized carbons (Fsp3) is 0.667. The lowest BCUT2D eigenvalue weighted by Gasteiger charge is -2.20. The number of likely N-dealkylation sites (N-methyl/N-ethyl adjacent to an activating group) is 2. The van der Waals surface area contributed by atoms with E-state index in [1.54, 1.807) is 7.11 Å². The third kappa shape index (κ3) is 2.97. The van der Waals surface area contributed by atoms with Gasteiger partial charge in [0.2, 0.25) is 0 Å². The first-order valence-corrected chi connectivity index (χ1v) is 5.48. The molecule has 0 bridgehead atoms. The Kier molecular flexibility index (Phi) is 4.16. The summed E-state index contributed by atoms with van der Waals surface area (Å²) < 4.78 is 9.29. The van der Waals surface area contributed by atoms with Crippen LogP contribution in [0.1, 0.15) is 0 Å². The van der Waals surface area contributed by atoms with E-state index < -0.39 is 0 Å². The fourth-order valence-electron chi connectivity index (χ4n) is 1.17. The van der Waals surface area contributed by atoms with Crippen LogP contribution in [0.3, 0.4) is 0 Å². The summed E-state index contributed by atoms with van der Waals surface area (Å²) in [6, 6.07) is 0. The van der Waals surface area contributed by atoms with Gasteiger partial charge in [-0.05, 0) is 25.6 Å². The van der Waals surface area contributed by atoms with Gasteiger partial charge in [-0.15, -0.1) is 0 Å². The molecule has 0 aromatic carbocycles. The van der Waals surface area contributed by atoms with E-state index in [2.05, 4.69) is 14.2 Å². The van der Waals surface area contributed by atoms with Crippen molar-refractivity contribution in [1.82, 2.24) is 9.27 Å². The minimum Gasteiger partial charge on any atom is -0.490 e. The van der Waals surface area contributed by atoms with Gasteiger partial charge in [-0.1, -0.05) is 0 Å². The number of rotatable bonds is 5. The Morgan fingerprint density at radius 3 is 2.53 bits per heavy atom. The fourth-order valence-corrected chi connectivity index (χ4v) is 1.94. The summed E-state index contributed by atoms with van der Waals surface area (Å²) in [5, 5.41) is 0.983. The predicted molar refractivity (Wildman–Crippen MR) is 64.9 cm³/mol. The van der Waals surface area contributed by atoms with Gasteiger partial charge in [0.05, 0.1) is 7.11 Å². The highest BCUT2D eigenvalue weighted by Crippen LogP contribution is 2.36. The van der Waals surface area contributed by atoms with Gasteiger partial charge < -0.3 is 20.3 Å². The number of hydrogen-bond acceptors (Lipinski definition) is 6. The smallest absolute Gasteiger partial charge is 0.197 e. The molecule has 1 aromatic rings. The molecule has 0 fully saturated rings. The summed E-state index contributed by atoms with van der Waals surface area (Å²) in [6.45, 7) is 1.91. The second-order valence-electron chi connectivity index (χ2n) is 3.63. The largest absolute Gasteiger partial charge is 0.490 e. The van der Waals surface area contributed by atoms with E-state index in [9.17, 15) is 0 Å². The summed E-state index contributed by atoms with van der Waals surface area (Å²) in [7, 11) is 7.72. The molecule has 1 rings (SSSR count). The molecule has 0 saturated carbocycles. The minimum atomic E-state index is 0.467. The standard InChI is InChI=1S/C9H18N4OS/c1-12(2)5-6-13(3)9-7(14-4)8(10)11-15-9/h5-6H2,1-4H3,(H2,10,11). The molecule has 86 valence electrons. The van der Waals surface area contributed by atoms with Crippen LogP contribution in [0.15, 0.2) is 0 Å². The summed E-state index contributed by atoms with van der Waals surface area (Å²) >= 11 is 1.37. The molecule has 0 spiro atoms. The van der Waals surface area contributed by atoms with Crippen LogP contribution in [-0.4, -0.2) is 50.6 Å². The number of nitrogen functional groups attached to an aromatic ring is 1. The van der Waals surface area contributed by atoms with Crippen LogP contribution < -0.4 is 15.4 Å². The van der Waals surface area contributed by atoms with Crippen molar-refractivity contribution in [2.75, 3.05) is 52.0 Å². The zero-order valence-corrected chi connectivity index (χ0v) is 10.5. The van der Waals surface area contributed by atoms with Crippen molar-refractivity contribution in [3.8, 4) is 5.75 Å². The zero-order chi connectivity index (χ0) is 11.4. The molecule has 0 atom stereocenters. The van der Waals surface area contributed by atoms with Crippen LogP contribution in [-0.2, 0) is 0 Å². The average molecular weight is 230 g/mol. The molecule has 0 saturated heterocycles. The van der Waals surface area contributed by atoms with Crippen LogP contribution in [0, 0.1) is 0 Å². The normalized spacial score (nSPS) is 10.7. The Hall–Kier alpha value is -1.01. The number of methoxy groups -OCH3 is 1.